The molecule has 8 nitrogen and oxygen atoms in total. The third-order valence-electron chi connectivity index (χ3n) is 5.77. The number of anilines is 3. The van der Waals surface area contributed by atoms with Crippen LogP contribution in [-0.4, -0.2) is 44.7 Å². The third-order valence-corrected chi connectivity index (χ3v) is 5.77. The van der Waals surface area contributed by atoms with Crippen LogP contribution in [0.3, 0.4) is 0 Å². The van der Waals surface area contributed by atoms with E-state index in [2.05, 4.69) is 20.3 Å². The summed E-state index contributed by atoms with van der Waals surface area (Å²) in [6.07, 6.45) is 4.04. The van der Waals surface area contributed by atoms with Crippen molar-refractivity contribution in [1.82, 2.24) is 15.0 Å². The number of aromatic nitrogens is 3. The van der Waals surface area contributed by atoms with Crippen LogP contribution < -0.4 is 16.0 Å². The van der Waals surface area contributed by atoms with E-state index in [1.54, 1.807) is 36.7 Å². The van der Waals surface area contributed by atoms with Gasteiger partial charge in [-0.25, -0.2) is 18.7 Å². The lowest BCUT2D eigenvalue weighted by molar-refractivity contribution is -0.123. The van der Waals surface area contributed by atoms with Gasteiger partial charge in [0.2, 0.25) is 5.91 Å². The Labute approximate surface area is 193 Å². The second kappa shape index (κ2) is 8.73. The number of halogens is 2. The van der Waals surface area contributed by atoms with Crippen molar-refractivity contribution in [1.29, 1.82) is 0 Å². The number of carbonyl (C=O) groups is 1. The van der Waals surface area contributed by atoms with E-state index in [1.807, 2.05) is 0 Å². The van der Waals surface area contributed by atoms with E-state index in [4.69, 9.17) is 5.73 Å². The number of piperidine rings is 1. The van der Waals surface area contributed by atoms with Gasteiger partial charge in [-0.1, -0.05) is 18.2 Å². The fourth-order valence-electron chi connectivity index (χ4n) is 3.99. The average molecular weight is 462 g/mol. The van der Waals surface area contributed by atoms with E-state index in [9.17, 15) is 18.7 Å². The lowest BCUT2D eigenvalue weighted by Crippen LogP contribution is -2.56. The summed E-state index contributed by atoms with van der Waals surface area (Å²) in [7, 11) is 0. The van der Waals surface area contributed by atoms with Crippen molar-refractivity contribution >= 4 is 33.9 Å². The Bertz CT molecular complexity index is 1380. The summed E-state index contributed by atoms with van der Waals surface area (Å²) in [5.41, 5.74) is 7.56. The molecule has 0 bridgehead atoms. The molecular formula is C24H20F2N6O2. The molecule has 172 valence electrons. The first-order chi connectivity index (χ1) is 16.4. The molecule has 4 aromatic rings. The van der Waals surface area contributed by atoms with Crippen LogP contribution in [0.15, 0.2) is 61.1 Å². The molecule has 2 aromatic carbocycles. The Morgan fingerprint density at radius 2 is 1.82 bits per heavy atom. The summed E-state index contributed by atoms with van der Waals surface area (Å²) in [6, 6.07) is 9.54. The van der Waals surface area contributed by atoms with Crippen LogP contribution in [0.1, 0.15) is 6.42 Å². The maximum atomic E-state index is 14.3. The Morgan fingerprint density at radius 1 is 1.06 bits per heavy atom. The second-order valence-electron chi connectivity index (χ2n) is 7.92. The predicted octanol–water partition coefficient (Wildman–Crippen LogP) is 3.14. The fraction of sp³-hybridized carbons (Fsp3) is 0.167. The smallest absolute Gasteiger partial charge is 0.246 e. The molecule has 0 aliphatic carbocycles. The highest BCUT2D eigenvalue weighted by atomic mass is 19.1. The standard InChI is InChI=1S/C24H20F2N6O2/c25-14-4-2-5-15(26)20(14)23-29-11-13-3-1-6-16(22(13)31-23)30-17-12-28-9-7-18(17)32-10-8-19(33)21(27)24(32)34/h1-7,9,11-12,19,21,30,33H,8,10,27H2/t19-,21+/m0/s1. The molecule has 1 saturated heterocycles. The second-order valence-corrected chi connectivity index (χ2v) is 7.92. The Kier molecular flexibility index (Phi) is 5.60. The van der Waals surface area contributed by atoms with Crippen LogP contribution in [0.4, 0.5) is 25.8 Å². The molecule has 1 aliphatic rings. The largest absolute Gasteiger partial charge is 0.391 e. The molecule has 1 aliphatic heterocycles. The number of aliphatic hydroxyl groups is 1. The zero-order valence-electron chi connectivity index (χ0n) is 17.8. The van der Waals surface area contributed by atoms with E-state index >= 15 is 0 Å². The Morgan fingerprint density at radius 3 is 2.62 bits per heavy atom. The van der Waals surface area contributed by atoms with Gasteiger partial charge in [0, 0.05) is 24.3 Å². The van der Waals surface area contributed by atoms with Crippen molar-refractivity contribution in [2.24, 2.45) is 5.73 Å². The van der Waals surface area contributed by atoms with Gasteiger partial charge in [0.25, 0.3) is 0 Å². The Hall–Kier alpha value is -4.02. The molecule has 0 unspecified atom stereocenters. The predicted molar refractivity (Wildman–Crippen MR) is 123 cm³/mol. The van der Waals surface area contributed by atoms with Crippen molar-refractivity contribution in [3.63, 3.8) is 0 Å². The number of nitrogens with two attached hydrogens (primary N) is 1. The molecule has 1 fully saturated rings. The van der Waals surface area contributed by atoms with Crippen molar-refractivity contribution in [2.75, 3.05) is 16.8 Å². The van der Waals surface area contributed by atoms with Gasteiger partial charge in [-0.3, -0.25) is 9.78 Å². The van der Waals surface area contributed by atoms with E-state index in [0.717, 1.165) is 12.1 Å². The van der Waals surface area contributed by atoms with Crippen molar-refractivity contribution in [2.45, 2.75) is 18.6 Å². The van der Waals surface area contributed by atoms with Gasteiger partial charge in [-0.05, 0) is 30.7 Å². The minimum atomic E-state index is -1.02. The highest BCUT2D eigenvalue weighted by molar-refractivity contribution is 6.02. The number of hydrogen-bond donors (Lipinski definition) is 3. The van der Waals surface area contributed by atoms with Crippen LogP contribution in [0, 0.1) is 11.6 Å². The maximum absolute atomic E-state index is 14.3. The first-order valence-corrected chi connectivity index (χ1v) is 10.6. The van der Waals surface area contributed by atoms with Gasteiger partial charge < -0.3 is 21.1 Å². The van der Waals surface area contributed by atoms with Gasteiger partial charge in [0.05, 0.1) is 40.4 Å². The number of fused-ring (bicyclic) bond motifs is 1. The number of benzene rings is 2. The average Bonchev–Trinajstić information content (AvgIpc) is 2.83. The van der Waals surface area contributed by atoms with Gasteiger partial charge in [0.15, 0.2) is 5.82 Å². The first kappa shape index (κ1) is 21.8. The van der Waals surface area contributed by atoms with Crippen molar-refractivity contribution < 1.29 is 18.7 Å². The quantitative estimate of drug-likeness (QED) is 0.427. The van der Waals surface area contributed by atoms with Gasteiger partial charge in [0.1, 0.15) is 17.7 Å². The van der Waals surface area contributed by atoms with Crippen molar-refractivity contribution in [3.05, 3.63) is 72.7 Å². The molecule has 3 heterocycles. The maximum Gasteiger partial charge on any atom is 0.246 e. The number of hydrogen-bond acceptors (Lipinski definition) is 7. The molecular weight excluding hydrogens is 442 g/mol. The number of para-hydroxylation sites is 1. The summed E-state index contributed by atoms with van der Waals surface area (Å²) in [6.45, 7) is 0.292. The van der Waals surface area contributed by atoms with Crippen LogP contribution in [-0.2, 0) is 4.79 Å². The van der Waals surface area contributed by atoms with E-state index in [0.29, 0.717) is 40.9 Å². The summed E-state index contributed by atoms with van der Waals surface area (Å²) >= 11 is 0. The molecule has 1 amide bonds. The lowest BCUT2D eigenvalue weighted by atomic mass is 10.0. The molecule has 0 saturated carbocycles. The monoisotopic (exact) mass is 462 g/mol. The molecule has 34 heavy (non-hydrogen) atoms. The lowest BCUT2D eigenvalue weighted by Gasteiger charge is -2.34. The topological polar surface area (TPSA) is 117 Å². The minimum absolute atomic E-state index is 0.0880. The first-order valence-electron chi connectivity index (χ1n) is 10.6. The highest BCUT2D eigenvalue weighted by Crippen LogP contribution is 2.33. The van der Waals surface area contributed by atoms with Gasteiger partial charge >= 0.3 is 0 Å². The fourth-order valence-corrected chi connectivity index (χ4v) is 3.99. The van der Waals surface area contributed by atoms with E-state index in [1.165, 1.54) is 17.2 Å². The number of carbonyl (C=O) groups excluding carboxylic acids is 1. The molecule has 5 rings (SSSR count). The van der Waals surface area contributed by atoms with Gasteiger partial charge in [-0.2, -0.15) is 0 Å². The SMILES string of the molecule is N[C@H]1C(=O)N(c2ccncc2Nc2cccc3cnc(-c4c(F)cccc4F)nc23)CC[C@@H]1O. The summed E-state index contributed by atoms with van der Waals surface area (Å²) in [5.74, 6) is -2.01. The Balaban J connectivity index is 1.56. The highest BCUT2D eigenvalue weighted by Gasteiger charge is 2.34. The van der Waals surface area contributed by atoms with E-state index < -0.39 is 29.7 Å². The normalized spacial score (nSPS) is 18.4. The van der Waals surface area contributed by atoms with Crippen LogP contribution >= 0.6 is 0 Å². The molecule has 0 radical (unpaired) electrons. The number of amides is 1. The third kappa shape index (κ3) is 3.82. The molecule has 10 heteroatoms. The minimum Gasteiger partial charge on any atom is -0.391 e. The summed E-state index contributed by atoms with van der Waals surface area (Å²) < 4.78 is 28.7. The summed E-state index contributed by atoms with van der Waals surface area (Å²) in [4.78, 5) is 26.9. The zero-order valence-corrected chi connectivity index (χ0v) is 17.8. The number of pyridine rings is 1. The van der Waals surface area contributed by atoms with Crippen molar-refractivity contribution in [3.8, 4) is 11.4 Å². The van der Waals surface area contributed by atoms with Crippen LogP contribution in [0.5, 0.6) is 0 Å². The van der Waals surface area contributed by atoms with E-state index in [-0.39, 0.29) is 11.4 Å². The molecule has 4 N–H and O–H groups in total. The number of rotatable bonds is 4. The molecule has 2 aromatic heterocycles. The number of nitrogens with one attached hydrogen (secondary N) is 1. The zero-order chi connectivity index (χ0) is 23.8. The molecule has 2 atom stereocenters. The number of aliphatic hydroxyl groups excluding tert-OH is 1. The van der Waals surface area contributed by atoms with Crippen LogP contribution in [0.2, 0.25) is 0 Å². The van der Waals surface area contributed by atoms with Crippen LogP contribution in [0.25, 0.3) is 22.3 Å². The number of nitrogens with zero attached hydrogens (tertiary/aromatic N) is 4. The van der Waals surface area contributed by atoms with Gasteiger partial charge in [-0.15, -0.1) is 0 Å². The molecule has 0 spiro atoms. The summed E-state index contributed by atoms with van der Waals surface area (Å²) in [5, 5.41) is 13.8.